The Morgan fingerprint density at radius 2 is 2.00 bits per heavy atom. The van der Waals surface area contributed by atoms with Crippen LogP contribution in [-0.2, 0) is 9.47 Å². The molecule has 0 bridgehead atoms. The van der Waals surface area contributed by atoms with E-state index in [-0.39, 0.29) is 0 Å². The molecule has 14 heavy (non-hydrogen) atoms. The van der Waals surface area contributed by atoms with Crippen molar-refractivity contribution in [3.05, 3.63) is 0 Å². The number of nitrogens with one attached hydrogen (secondary N) is 1. The molecule has 1 saturated carbocycles. The highest BCUT2D eigenvalue weighted by molar-refractivity contribution is 4.74. The minimum atomic E-state index is 0.312. The van der Waals surface area contributed by atoms with Gasteiger partial charge in [-0.3, -0.25) is 0 Å². The first-order chi connectivity index (χ1) is 6.79. The summed E-state index contributed by atoms with van der Waals surface area (Å²) in [5.74, 6) is 0.958. The van der Waals surface area contributed by atoms with Crippen molar-refractivity contribution in [2.75, 3.05) is 32.9 Å². The molecule has 0 atom stereocenters. The second-order valence-corrected chi connectivity index (χ2v) is 4.18. The number of rotatable bonds is 9. The topological polar surface area (TPSA) is 30.5 Å². The van der Waals surface area contributed by atoms with E-state index in [1.165, 1.54) is 19.4 Å². The van der Waals surface area contributed by atoms with Gasteiger partial charge in [-0.15, -0.1) is 0 Å². The van der Waals surface area contributed by atoms with E-state index in [0.29, 0.717) is 19.3 Å². The molecule has 1 rings (SSSR count). The van der Waals surface area contributed by atoms with Crippen LogP contribution in [0.1, 0.15) is 26.7 Å². The van der Waals surface area contributed by atoms with Crippen molar-refractivity contribution in [1.82, 2.24) is 5.32 Å². The van der Waals surface area contributed by atoms with Crippen molar-refractivity contribution in [2.24, 2.45) is 5.92 Å². The van der Waals surface area contributed by atoms with Gasteiger partial charge in [0.1, 0.15) is 0 Å². The first-order valence-electron chi connectivity index (χ1n) is 5.69. The molecular weight excluding hydrogens is 178 g/mol. The van der Waals surface area contributed by atoms with Gasteiger partial charge in [0.25, 0.3) is 0 Å². The SMILES string of the molecule is CC(C)OCCOCCNCC1CC1. The van der Waals surface area contributed by atoms with E-state index in [0.717, 1.165) is 19.1 Å². The molecule has 3 heteroatoms. The molecule has 0 aromatic rings. The summed E-state index contributed by atoms with van der Waals surface area (Å²) < 4.78 is 10.7. The van der Waals surface area contributed by atoms with Crippen LogP contribution in [0.5, 0.6) is 0 Å². The van der Waals surface area contributed by atoms with Crippen LogP contribution in [0.15, 0.2) is 0 Å². The smallest absolute Gasteiger partial charge is 0.0703 e. The highest BCUT2D eigenvalue weighted by atomic mass is 16.5. The Morgan fingerprint density at radius 1 is 1.21 bits per heavy atom. The van der Waals surface area contributed by atoms with E-state index in [9.17, 15) is 0 Å². The van der Waals surface area contributed by atoms with Crippen molar-refractivity contribution in [1.29, 1.82) is 0 Å². The summed E-state index contributed by atoms with van der Waals surface area (Å²) in [6.07, 6.45) is 3.14. The van der Waals surface area contributed by atoms with Crippen LogP contribution in [0.25, 0.3) is 0 Å². The highest BCUT2D eigenvalue weighted by Crippen LogP contribution is 2.27. The standard InChI is InChI=1S/C11H23NO2/c1-10(2)14-8-7-13-6-5-12-9-11-3-4-11/h10-12H,3-9H2,1-2H3. The lowest BCUT2D eigenvalue weighted by Crippen LogP contribution is -2.22. The van der Waals surface area contributed by atoms with E-state index in [4.69, 9.17) is 9.47 Å². The third kappa shape index (κ3) is 7.30. The molecule has 0 aromatic carbocycles. The summed E-state index contributed by atoms with van der Waals surface area (Å²) in [6, 6.07) is 0. The number of hydrogen-bond acceptors (Lipinski definition) is 3. The first kappa shape index (κ1) is 12.0. The van der Waals surface area contributed by atoms with Crippen LogP contribution >= 0.6 is 0 Å². The molecule has 0 aliphatic heterocycles. The summed E-state index contributed by atoms with van der Waals surface area (Å²) >= 11 is 0. The quantitative estimate of drug-likeness (QED) is 0.572. The van der Waals surface area contributed by atoms with Crippen LogP contribution in [-0.4, -0.2) is 39.0 Å². The van der Waals surface area contributed by atoms with Crippen LogP contribution in [0.3, 0.4) is 0 Å². The Hall–Kier alpha value is -0.120. The molecule has 1 aliphatic carbocycles. The average Bonchev–Trinajstić information content (AvgIpc) is 2.92. The molecule has 0 heterocycles. The molecule has 0 unspecified atom stereocenters. The molecule has 0 amide bonds. The third-order valence-corrected chi connectivity index (χ3v) is 2.23. The maximum Gasteiger partial charge on any atom is 0.0703 e. The first-order valence-corrected chi connectivity index (χ1v) is 5.69. The Morgan fingerprint density at radius 3 is 2.64 bits per heavy atom. The largest absolute Gasteiger partial charge is 0.378 e. The van der Waals surface area contributed by atoms with E-state index in [1.807, 2.05) is 13.8 Å². The van der Waals surface area contributed by atoms with Gasteiger partial charge in [0.15, 0.2) is 0 Å². The van der Waals surface area contributed by atoms with Crippen molar-refractivity contribution in [2.45, 2.75) is 32.8 Å². The van der Waals surface area contributed by atoms with Gasteiger partial charge >= 0.3 is 0 Å². The molecule has 0 radical (unpaired) electrons. The summed E-state index contributed by atoms with van der Waals surface area (Å²) in [5, 5.41) is 3.38. The van der Waals surface area contributed by atoms with E-state index in [2.05, 4.69) is 5.32 Å². The lowest BCUT2D eigenvalue weighted by Gasteiger charge is -2.08. The van der Waals surface area contributed by atoms with Crippen LogP contribution in [0.2, 0.25) is 0 Å². The molecule has 3 nitrogen and oxygen atoms in total. The van der Waals surface area contributed by atoms with Gasteiger partial charge in [-0.2, -0.15) is 0 Å². The summed E-state index contributed by atoms with van der Waals surface area (Å²) in [7, 11) is 0. The normalized spacial score (nSPS) is 16.5. The van der Waals surface area contributed by atoms with Crippen molar-refractivity contribution in [3.63, 3.8) is 0 Å². The van der Waals surface area contributed by atoms with Crippen LogP contribution < -0.4 is 5.32 Å². The predicted molar refractivity (Wildman–Crippen MR) is 57.5 cm³/mol. The Kier molecular flexibility index (Phi) is 6.15. The zero-order valence-corrected chi connectivity index (χ0v) is 9.42. The maximum atomic E-state index is 5.40. The van der Waals surface area contributed by atoms with Crippen molar-refractivity contribution >= 4 is 0 Å². The zero-order valence-electron chi connectivity index (χ0n) is 9.42. The second-order valence-electron chi connectivity index (χ2n) is 4.18. The lowest BCUT2D eigenvalue weighted by atomic mass is 10.4. The van der Waals surface area contributed by atoms with E-state index >= 15 is 0 Å². The second kappa shape index (κ2) is 7.21. The fourth-order valence-electron chi connectivity index (χ4n) is 1.22. The van der Waals surface area contributed by atoms with Gasteiger partial charge in [0, 0.05) is 6.54 Å². The van der Waals surface area contributed by atoms with E-state index in [1.54, 1.807) is 0 Å². The summed E-state index contributed by atoms with van der Waals surface area (Å²) in [6.45, 7) is 8.44. The molecule has 84 valence electrons. The molecule has 0 saturated heterocycles. The minimum absolute atomic E-state index is 0.312. The van der Waals surface area contributed by atoms with E-state index < -0.39 is 0 Å². The summed E-state index contributed by atoms with van der Waals surface area (Å²) in [5.41, 5.74) is 0. The molecule has 0 aromatic heterocycles. The van der Waals surface area contributed by atoms with Crippen molar-refractivity contribution < 1.29 is 9.47 Å². The summed E-state index contributed by atoms with van der Waals surface area (Å²) in [4.78, 5) is 0. The van der Waals surface area contributed by atoms with Gasteiger partial charge < -0.3 is 14.8 Å². The molecule has 0 spiro atoms. The predicted octanol–water partition coefficient (Wildman–Crippen LogP) is 1.43. The monoisotopic (exact) mass is 201 g/mol. The fraction of sp³-hybridized carbons (Fsp3) is 1.00. The Bertz CT molecular complexity index is 127. The van der Waals surface area contributed by atoms with Crippen LogP contribution in [0, 0.1) is 5.92 Å². The van der Waals surface area contributed by atoms with Crippen LogP contribution in [0.4, 0.5) is 0 Å². The zero-order chi connectivity index (χ0) is 10.2. The Balaban J connectivity index is 1.66. The number of hydrogen-bond donors (Lipinski definition) is 1. The maximum absolute atomic E-state index is 5.40. The third-order valence-electron chi connectivity index (χ3n) is 2.23. The lowest BCUT2D eigenvalue weighted by molar-refractivity contribution is 0.0204. The molecular formula is C11H23NO2. The molecule has 1 fully saturated rings. The molecule has 1 N–H and O–H groups in total. The highest BCUT2D eigenvalue weighted by Gasteiger charge is 2.19. The average molecular weight is 201 g/mol. The van der Waals surface area contributed by atoms with Gasteiger partial charge in [0.2, 0.25) is 0 Å². The van der Waals surface area contributed by atoms with Crippen molar-refractivity contribution in [3.8, 4) is 0 Å². The minimum Gasteiger partial charge on any atom is -0.378 e. The van der Waals surface area contributed by atoms with Gasteiger partial charge in [0.05, 0.1) is 25.9 Å². The fourth-order valence-corrected chi connectivity index (χ4v) is 1.22. The molecule has 1 aliphatic rings. The Labute approximate surface area is 87.2 Å². The van der Waals surface area contributed by atoms with Gasteiger partial charge in [-0.25, -0.2) is 0 Å². The van der Waals surface area contributed by atoms with Gasteiger partial charge in [-0.1, -0.05) is 0 Å². The number of ether oxygens (including phenoxy) is 2. The van der Waals surface area contributed by atoms with Gasteiger partial charge in [-0.05, 0) is 39.2 Å².